The van der Waals surface area contributed by atoms with Crippen molar-refractivity contribution in [2.24, 2.45) is 0 Å². The standard InChI is InChI=1S/C37H38ClN3O6S/c38-31-14-8-29(9-15-31)25-41(36(42)19-13-27-10-16-32(17-11-27)48(44,45)40-20-4-5-21-40)33(22-28-6-2-1-3-7-28)37(43)39-24-30-12-18-34-35(23-30)47-26-46-34/h1-3,6-12,14-18,23,33H,4-5,13,19-22,24-26H2,(H,39,43)/t33-/m0/s1. The predicted molar refractivity (Wildman–Crippen MR) is 183 cm³/mol. The number of hydrogen-bond acceptors (Lipinski definition) is 6. The van der Waals surface area contributed by atoms with Crippen LogP contribution < -0.4 is 14.8 Å². The van der Waals surface area contributed by atoms with Crippen LogP contribution in [0.2, 0.25) is 5.02 Å². The Bertz CT molecular complexity index is 1830. The molecule has 9 nitrogen and oxygen atoms in total. The lowest BCUT2D eigenvalue weighted by molar-refractivity contribution is -0.141. The monoisotopic (exact) mass is 687 g/mol. The highest BCUT2D eigenvalue weighted by Crippen LogP contribution is 2.32. The molecule has 4 aromatic carbocycles. The highest BCUT2D eigenvalue weighted by atomic mass is 35.5. The number of carbonyl (C=O) groups excluding carboxylic acids is 2. The molecule has 4 aromatic rings. The first-order valence-corrected chi connectivity index (χ1v) is 17.9. The molecule has 2 aliphatic rings. The Morgan fingerprint density at radius 3 is 2.21 bits per heavy atom. The van der Waals surface area contributed by atoms with Gasteiger partial charge in [-0.25, -0.2) is 8.42 Å². The number of sulfonamides is 1. The van der Waals surface area contributed by atoms with E-state index in [9.17, 15) is 18.0 Å². The van der Waals surface area contributed by atoms with Gasteiger partial charge in [0.1, 0.15) is 6.04 Å². The van der Waals surface area contributed by atoms with Gasteiger partial charge < -0.3 is 19.7 Å². The molecule has 1 fully saturated rings. The van der Waals surface area contributed by atoms with E-state index in [0.29, 0.717) is 42.5 Å². The van der Waals surface area contributed by atoms with Crippen molar-refractivity contribution in [1.82, 2.24) is 14.5 Å². The summed E-state index contributed by atoms with van der Waals surface area (Å²) < 4.78 is 38.4. The summed E-state index contributed by atoms with van der Waals surface area (Å²) in [5.74, 6) is 0.812. The third-order valence-electron chi connectivity index (χ3n) is 8.69. The molecule has 1 atom stereocenters. The minimum atomic E-state index is -3.53. The van der Waals surface area contributed by atoms with Crippen molar-refractivity contribution in [3.63, 3.8) is 0 Å². The van der Waals surface area contributed by atoms with Crippen LogP contribution in [0.1, 0.15) is 41.5 Å². The van der Waals surface area contributed by atoms with E-state index in [2.05, 4.69) is 5.32 Å². The number of benzene rings is 4. The fourth-order valence-corrected chi connectivity index (χ4v) is 7.64. The molecule has 0 bridgehead atoms. The number of fused-ring (bicyclic) bond motifs is 1. The van der Waals surface area contributed by atoms with Crippen molar-refractivity contribution >= 4 is 33.4 Å². The van der Waals surface area contributed by atoms with Gasteiger partial charge in [-0.2, -0.15) is 4.31 Å². The number of carbonyl (C=O) groups is 2. The normalized spacial score (nSPS) is 14.9. The Morgan fingerprint density at radius 2 is 1.48 bits per heavy atom. The quantitative estimate of drug-likeness (QED) is 0.192. The van der Waals surface area contributed by atoms with Crippen molar-refractivity contribution in [1.29, 1.82) is 0 Å². The van der Waals surface area contributed by atoms with Crippen LogP contribution in [0.15, 0.2) is 102 Å². The molecule has 0 unspecified atom stereocenters. The Balaban J connectivity index is 1.21. The van der Waals surface area contributed by atoms with E-state index in [1.54, 1.807) is 41.3 Å². The minimum Gasteiger partial charge on any atom is -0.454 e. The molecule has 1 N–H and O–H groups in total. The number of nitrogens with zero attached hydrogens (tertiary/aromatic N) is 2. The molecule has 2 amide bonds. The maximum absolute atomic E-state index is 14.1. The first-order valence-electron chi connectivity index (χ1n) is 16.1. The maximum atomic E-state index is 14.1. The fourth-order valence-electron chi connectivity index (χ4n) is 6.00. The molecule has 0 aromatic heterocycles. The van der Waals surface area contributed by atoms with Crippen LogP contribution in [-0.2, 0) is 45.5 Å². The predicted octanol–water partition coefficient (Wildman–Crippen LogP) is 5.74. The van der Waals surface area contributed by atoms with Crippen LogP contribution >= 0.6 is 11.6 Å². The number of nitrogens with one attached hydrogen (secondary N) is 1. The van der Waals surface area contributed by atoms with E-state index in [-0.39, 0.29) is 43.0 Å². The molecule has 0 saturated carbocycles. The van der Waals surface area contributed by atoms with E-state index in [0.717, 1.165) is 35.1 Å². The number of ether oxygens (including phenoxy) is 2. The van der Waals surface area contributed by atoms with Gasteiger partial charge in [0, 0.05) is 44.0 Å². The van der Waals surface area contributed by atoms with E-state index in [1.807, 2.05) is 60.7 Å². The second kappa shape index (κ2) is 15.2. The third kappa shape index (κ3) is 8.18. The minimum absolute atomic E-state index is 0.131. The molecule has 2 heterocycles. The van der Waals surface area contributed by atoms with Gasteiger partial charge in [-0.1, -0.05) is 72.3 Å². The molecular weight excluding hydrogens is 650 g/mol. The SMILES string of the molecule is O=C(NCc1ccc2c(c1)OCO2)[C@H](Cc1ccccc1)N(Cc1ccc(Cl)cc1)C(=O)CCc1ccc(S(=O)(=O)N2CCCC2)cc1. The van der Waals surface area contributed by atoms with Gasteiger partial charge in [0.15, 0.2) is 11.5 Å². The summed E-state index contributed by atoms with van der Waals surface area (Å²) in [6.07, 6.45) is 2.57. The average Bonchev–Trinajstić information content (AvgIpc) is 3.83. The summed E-state index contributed by atoms with van der Waals surface area (Å²) in [4.78, 5) is 30.0. The van der Waals surface area contributed by atoms with Crippen molar-refractivity contribution in [2.75, 3.05) is 19.9 Å². The zero-order valence-electron chi connectivity index (χ0n) is 26.5. The first kappa shape index (κ1) is 33.5. The van der Waals surface area contributed by atoms with E-state index < -0.39 is 16.1 Å². The highest BCUT2D eigenvalue weighted by molar-refractivity contribution is 7.89. The van der Waals surface area contributed by atoms with Crippen LogP contribution in [-0.4, -0.2) is 55.4 Å². The Kier molecular flexibility index (Phi) is 10.6. The second-order valence-electron chi connectivity index (χ2n) is 12.0. The number of amides is 2. The van der Waals surface area contributed by atoms with Gasteiger partial charge in [-0.3, -0.25) is 9.59 Å². The Hall–Kier alpha value is -4.38. The first-order chi connectivity index (χ1) is 23.3. The topological polar surface area (TPSA) is 105 Å². The largest absolute Gasteiger partial charge is 0.454 e. The zero-order valence-corrected chi connectivity index (χ0v) is 28.1. The number of hydrogen-bond donors (Lipinski definition) is 1. The van der Waals surface area contributed by atoms with Crippen LogP contribution in [0, 0.1) is 0 Å². The van der Waals surface area contributed by atoms with Gasteiger partial charge in [0.2, 0.25) is 28.6 Å². The smallest absolute Gasteiger partial charge is 0.243 e. The van der Waals surface area contributed by atoms with Gasteiger partial charge in [-0.05, 0) is 77.9 Å². The fraction of sp³-hybridized carbons (Fsp3) is 0.297. The molecular formula is C37H38ClN3O6S. The summed E-state index contributed by atoms with van der Waals surface area (Å²) in [5.41, 5.74) is 3.44. The molecule has 2 aliphatic heterocycles. The molecule has 1 saturated heterocycles. The van der Waals surface area contributed by atoms with E-state index in [1.165, 1.54) is 4.31 Å². The summed E-state index contributed by atoms with van der Waals surface area (Å²) in [6, 6.07) is 28.3. The Labute approximate surface area is 286 Å². The van der Waals surface area contributed by atoms with Crippen LogP contribution in [0.3, 0.4) is 0 Å². The molecule has 11 heteroatoms. The average molecular weight is 688 g/mol. The lowest BCUT2D eigenvalue weighted by Gasteiger charge is -2.32. The molecule has 0 aliphatic carbocycles. The summed E-state index contributed by atoms with van der Waals surface area (Å²) in [6.45, 7) is 1.69. The van der Waals surface area contributed by atoms with E-state index in [4.69, 9.17) is 21.1 Å². The number of aryl methyl sites for hydroxylation is 1. The second-order valence-corrected chi connectivity index (χ2v) is 14.4. The van der Waals surface area contributed by atoms with Gasteiger partial charge in [0.25, 0.3) is 0 Å². The molecule has 0 radical (unpaired) electrons. The van der Waals surface area contributed by atoms with Gasteiger partial charge in [-0.15, -0.1) is 0 Å². The molecule has 48 heavy (non-hydrogen) atoms. The number of rotatable bonds is 13. The van der Waals surface area contributed by atoms with Gasteiger partial charge in [0.05, 0.1) is 4.90 Å². The van der Waals surface area contributed by atoms with Crippen LogP contribution in [0.25, 0.3) is 0 Å². The Morgan fingerprint density at radius 1 is 0.812 bits per heavy atom. The maximum Gasteiger partial charge on any atom is 0.243 e. The van der Waals surface area contributed by atoms with Crippen LogP contribution in [0.5, 0.6) is 11.5 Å². The molecule has 0 spiro atoms. The van der Waals surface area contributed by atoms with Crippen molar-refractivity contribution in [3.05, 3.63) is 124 Å². The van der Waals surface area contributed by atoms with Crippen molar-refractivity contribution < 1.29 is 27.5 Å². The van der Waals surface area contributed by atoms with Crippen LogP contribution in [0.4, 0.5) is 0 Å². The summed E-state index contributed by atoms with van der Waals surface area (Å²) in [7, 11) is -3.53. The van der Waals surface area contributed by atoms with E-state index >= 15 is 0 Å². The highest BCUT2D eigenvalue weighted by Gasteiger charge is 2.31. The number of halogens is 1. The van der Waals surface area contributed by atoms with Crippen molar-refractivity contribution in [2.45, 2.75) is 56.1 Å². The summed E-state index contributed by atoms with van der Waals surface area (Å²) in [5, 5.41) is 3.62. The van der Waals surface area contributed by atoms with Gasteiger partial charge >= 0.3 is 0 Å². The van der Waals surface area contributed by atoms with Crippen molar-refractivity contribution in [3.8, 4) is 11.5 Å². The third-order valence-corrected chi connectivity index (χ3v) is 10.9. The molecule has 6 rings (SSSR count). The zero-order chi connectivity index (χ0) is 33.5. The lowest BCUT2D eigenvalue weighted by atomic mass is 10.0. The summed E-state index contributed by atoms with van der Waals surface area (Å²) >= 11 is 6.16. The lowest BCUT2D eigenvalue weighted by Crippen LogP contribution is -2.50. The molecule has 250 valence electrons.